The third-order valence-electron chi connectivity index (χ3n) is 2.88. The number of nitrogen functional groups attached to an aromatic ring is 1. The second-order valence-corrected chi connectivity index (χ2v) is 6.67. The minimum atomic E-state index is -3.76. The number of aryl methyl sites for hydroxylation is 1. The Kier molecular flexibility index (Phi) is 4.28. The molecule has 0 atom stereocenters. The lowest BCUT2D eigenvalue weighted by Gasteiger charge is -2.08. The molecular weight excluding hydrogens is 288 g/mol. The van der Waals surface area contributed by atoms with Crippen LogP contribution in [0.3, 0.4) is 0 Å². The molecule has 0 aliphatic rings. The van der Waals surface area contributed by atoms with Crippen LogP contribution in [0.5, 0.6) is 0 Å². The topological polar surface area (TPSA) is 89.3 Å². The monoisotopic (exact) mass is 304 g/mol. The lowest BCUT2D eigenvalue weighted by atomic mass is 10.2. The summed E-state index contributed by atoms with van der Waals surface area (Å²) in [6, 6.07) is 13.2. The van der Waals surface area contributed by atoms with Gasteiger partial charge in [-0.05, 0) is 36.8 Å². The smallest absolute Gasteiger partial charge is 0.239 e. The SMILES string of the molecule is Cc1cccc(NC(=O)CS(=O)(=O)c2ccccc2N)c1. The van der Waals surface area contributed by atoms with Gasteiger partial charge >= 0.3 is 0 Å². The number of sulfone groups is 1. The molecule has 0 aromatic heterocycles. The van der Waals surface area contributed by atoms with Crippen LogP contribution in [0.25, 0.3) is 0 Å². The summed E-state index contributed by atoms with van der Waals surface area (Å²) < 4.78 is 24.4. The van der Waals surface area contributed by atoms with Crippen LogP contribution in [-0.2, 0) is 14.6 Å². The number of nitrogens with one attached hydrogen (secondary N) is 1. The van der Waals surface area contributed by atoms with Crippen molar-refractivity contribution in [1.29, 1.82) is 0 Å². The molecule has 2 aromatic carbocycles. The molecule has 0 bridgehead atoms. The van der Waals surface area contributed by atoms with Crippen LogP contribution in [0.2, 0.25) is 0 Å². The zero-order valence-corrected chi connectivity index (χ0v) is 12.4. The summed E-state index contributed by atoms with van der Waals surface area (Å²) >= 11 is 0. The zero-order chi connectivity index (χ0) is 15.5. The van der Waals surface area contributed by atoms with Gasteiger partial charge in [0.05, 0.1) is 10.6 Å². The number of para-hydroxylation sites is 1. The molecule has 5 nitrogen and oxygen atoms in total. The molecule has 1 amide bonds. The molecule has 0 fully saturated rings. The molecule has 0 aliphatic heterocycles. The molecule has 3 N–H and O–H groups in total. The molecule has 0 spiro atoms. The number of hydrogen-bond acceptors (Lipinski definition) is 4. The zero-order valence-electron chi connectivity index (χ0n) is 11.5. The van der Waals surface area contributed by atoms with Crippen molar-refractivity contribution in [2.75, 3.05) is 16.8 Å². The van der Waals surface area contributed by atoms with Gasteiger partial charge in [-0.3, -0.25) is 4.79 Å². The standard InChI is InChI=1S/C15H16N2O3S/c1-11-5-4-6-12(9-11)17-15(18)10-21(19,20)14-8-3-2-7-13(14)16/h2-9H,10,16H2,1H3,(H,17,18). The first-order valence-electron chi connectivity index (χ1n) is 6.32. The van der Waals surface area contributed by atoms with E-state index >= 15 is 0 Å². The van der Waals surface area contributed by atoms with Crippen molar-refractivity contribution in [3.05, 3.63) is 54.1 Å². The molecular formula is C15H16N2O3S. The average molecular weight is 304 g/mol. The summed E-state index contributed by atoms with van der Waals surface area (Å²) in [6.07, 6.45) is 0. The lowest BCUT2D eigenvalue weighted by molar-refractivity contribution is -0.113. The predicted molar refractivity (Wildman–Crippen MR) is 82.7 cm³/mol. The second-order valence-electron chi connectivity index (χ2n) is 4.71. The number of carbonyl (C=O) groups excluding carboxylic acids is 1. The highest BCUT2D eigenvalue weighted by molar-refractivity contribution is 7.92. The molecule has 0 heterocycles. The Morgan fingerprint density at radius 1 is 1.14 bits per heavy atom. The number of anilines is 2. The minimum Gasteiger partial charge on any atom is -0.398 e. The van der Waals surface area contributed by atoms with E-state index in [1.807, 2.05) is 13.0 Å². The number of nitrogens with two attached hydrogens (primary N) is 1. The van der Waals surface area contributed by atoms with Crippen molar-refractivity contribution in [3.8, 4) is 0 Å². The van der Waals surface area contributed by atoms with Crippen LogP contribution in [0.4, 0.5) is 11.4 Å². The van der Waals surface area contributed by atoms with Gasteiger partial charge in [0.25, 0.3) is 0 Å². The fourth-order valence-corrected chi connectivity index (χ4v) is 3.22. The molecule has 21 heavy (non-hydrogen) atoms. The van der Waals surface area contributed by atoms with Crippen molar-refractivity contribution < 1.29 is 13.2 Å². The van der Waals surface area contributed by atoms with Gasteiger partial charge in [-0.15, -0.1) is 0 Å². The van der Waals surface area contributed by atoms with E-state index in [2.05, 4.69) is 5.32 Å². The van der Waals surface area contributed by atoms with Crippen molar-refractivity contribution in [1.82, 2.24) is 0 Å². The molecule has 110 valence electrons. The summed E-state index contributed by atoms with van der Waals surface area (Å²) in [5.41, 5.74) is 7.32. The van der Waals surface area contributed by atoms with E-state index in [1.54, 1.807) is 30.3 Å². The van der Waals surface area contributed by atoms with Crippen molar-refractivity contribution >= 4 is 27.1 Å². The van der Waals surface area contributed by atoms with Crippen LogP contribution in [0.1, 0.15) is 5.56 Å². The Morgan fingerprint density at radius 3 is 2.52 bits per heavy atom. The van der Waals surface area contributed by atoms with Crippen LogP contribution in [-0.4, -0.2) is 20.1 Å². The molecule has 0 unspecified atom stereocenters. The van der Waals surface area contributed by atoms with Crippen LogP contribution in [0, 0.1) is 6.92 Å². The van der Waals surface area contributed by atoms with E-state index in [9.17, 15) is 13.2 Å². The number of carbonyl (C=O) groups is 1. The normalized spacial score (nSPS) is 11.1. The van der Waals surface area contributed by atoms with Gasteiger partial charge in [0.15, 0.2) is 9.84 Å². The summed E-state index contributed by atoms with van der Waals surface area (Å²) in [7, 11) is -3.76. The van der Waals surface area contributed by atoms with E-state index in [0.29, 0.717) is 5.69 Å². The van der Waals surface area contributed by atoms with Gasteiger partial charge in [-0.2, -0.15) is 0 Å². The third kappa shape index (κ3) is 3.82. The van der Waals surface area contributed by atoms with Gasteiger partial charge < -0.3 is 11.1 Å². The van der Waals surface area contributed by atoms with Gasteiger partial charge in [0, 0.05) is 5.69 Å². The number of hydrogen-bond donors (Lipinski definition) is 2. The fourth-order valence-electron chi connectivity index (χ4n) is 1.93. The first-order valence-corrected chi connectivity index (χ1v) is 7.97. The van der Waals surface area contributed by atoms with Gasteiger partial charge in [0.1, 0.15) is 5.75 Å². The Morgan fingerprint density at radius 2 is 1.86 bits per heavy atom. The van der Waals surface area contributed by atoms with E-state index in [4.69, 9.17) is 5.73 Å². The van der Waals surface area contributed by atoms with E-state index in [-0.39, 0.29) is 10.6 Å². The summed E-state index contributed by atoms with van der Waals surface area (Å²) in [5.74, 6) is -1.24. The first kappa shape index (κ1) is 15.1. The van der Waals surface area contributed by atoms with Crippen molar-refractivity contribution in [2.24, 2.45) is 0 Å². The highest BCUT2D eigenvalue weighted by Gasteiger charge is 2.21. The maximum atomic E-state index is 12.2. The van der Waals surface area contributed by atoms with Crippen molar-refractivity contribution in [3.63, 3.8) is 0 Å². The Labute approximate surface area is 123 Å². The maximum Gasteiger partial charge on any atom is 0.239 e. The van der Waals surface area contributed by atoms with Gasteiger partial charge in [-0.25, -0.2) is 8.42 Å². The molecule has 0 radical (unpaired) electrons. The average Bonchev–Trinajstić information content (AvgIpc) is 2.38. The Balaban J connectivity index is 2.14. The van der Waals surface area contributed by atoms with E-state index < -0.39 is 21.5 Å². The van der Waals surface area contributed by atoms with Crippen LogP contribution >= 0.6 is 0 Å². The minimum absolute atomic E-state index is 0.0237. The third-order valence-corrected chi connectivity index (χ3v) is 4.56. The van der Waals surface area contributed by atoms with Gasteiger partial charge in [0.2, 0.25) is 5.91 Å². The Bertz CT molecular complexity index is 770. The lowest BCUT2D eigenvalue weighted by Crippen LogP contribution is -2.23. The number of rotatable bonds is 4. The van der Waals surface area contributed by atoms with Gasteiger partial charge in [-0.1, -0.05) is 24.3 Å². The highest BCUT2D eigenvalue weighted by atomic mass is 32.2. The molecule has 6 heteroatoms. The molecule has 0 saturated heterocycles. The fraction of sp³-hybridized carbons (Fsp3) is 0.133. The van der Waals surface area contributed by atoms with Crippen LogP contribution < -0.4 is 11.1 Å². The van der Waals surface area contributed by atoms with E-state index in [1.165, 1.54) is 12.1 Å². The summed E-state index contributed by atoms with van der Waals surface area (Å²) in [4.78, 5) is 11.9. The quantitative estimate of drug-likeness (QED) is 0.845. The number of amides is 1. The Hall–Kier alpha value is -2.34. The first-order chi connectivity index (χ1) is 9.88. The molecule has 0 aliphatic carbocycles. The summed E-state index contributed by atoms with van der Waals surface area (Å²) in [6.45, 7) is 1.89. The molecule has 0 saturated carbocycles. The highest BCUT2D eigenvalue weighted by Crippen LogP contribution is 2.19. The van der Waals surface area contributed by atoms with Crippen molar-refractivity contribution in [2.45, 2.75) is 11.8 Å². The van der Waals surface area contributed by atoms with Crippen LogP contribution in [0.15, 0.2) is 53.4 Å². The summed E-state index contributed by atoms with van der Waals surface area (Å²) in [5, 5.41) is 2.57. The second kappa shape index (κ2) is 5.97. The maximum absolute atomic E-state index is 12.2. The molecule has 2 rings (SSSR count). The predicted octanol–water partition coefficient (Wildman–Crippen LogP) is 1.99. The molecule has 2 aromatic rings. The number of benzene rings is 2. The largest absolute Gasteiger partial charge is 0.398 e. The van der Waals surface area contributed by atoms with E-state index in [0.717, 1.165) is 5.56 Å².